The standard InChI is InChI=1S/C22H43F3O2S/c1-18(2)14-10-8-6-7-9-11-17-21(28(26,27)22(23,24)25)20(5)16-13-12-15-19(3)4/h18-21H,6-17H2,1-5H3. The first-order valence-electron chi connectivity index (χ1n) is 11.2. The zero-order chi connectivity index (χ0) is 21.8. The van der Waals surface area contributed by atoms with Crippen LogP contribution in [0.5, 0.6) is 0 Å². The van der Waals surface area contributed by atoms with Crippen LogP contribution in [0.3, 0.4) is 0 Å². The molecule has 0 heterocycles. The molecule has 0 aliphatic carbocycles. The van der Waals surface area contributed by atoms with Crippen molar-refractivity contribution in [3.63, 3.8) is 0 Å². The summed E-state index contributed by atoms with van der Waals surface area (Å²) in [5.74, 6) is 0.811. The van der Waals surface area contributed by atoms with Crippen LogP contribution in [-0.2, 0) is 9.84 Å². The van der Waals surface area contributed by atoms with Crippen molar-refractivity contribution in [3.8, 4) is 0 Å². The van der Waals surface area contributed by atoms with Crippen molar-refractivity contribution in [1.29, 1.82) is 0 Å². The molecule has 0 aromatic heterocycles. The Bertz CT molecular complexity index is 485. The van der Waals surface area contributed by atoms with E-state index in [2.05, 4.69) is 27.7 Å². The number of alkyl halides is 3. The van der Waals surface area contributed by atoms with Crippen LogP contribution in [0, 0.1) is 17.8 Å². The maximum absolute atomic E-state index is 13.1. The third-order valence-corrected chi connectivity index (χ3v) is 7.71. The zero-order valence-corrected chi connectivity index (χ0v) is 19.5. The zero-order valence-electron chi connectivity index (χ0n) is 18.7. The molecule has 0 saturated heterocycles. The van der Waals surface area contributed by atoms with E-state index in [1.165, 1.54) is 12.8 Å². The lowest BCUT2D eigenvalue weighted by Crippen LogP contribution is -2.38. The van der Waals surface area contributed by atoms with Gasteiger partial charge in [-0.25, -0.2) is 8.42 Å². The summed E-state index contributed by atoms with van der Waals surface area (Å²) in [7, 11) is -5.10. The SMILES string of the molecule is CC(C)CCCCCCCCC(C(C)CCCCC(C)C)S(=O)(=O)C(F)(F)F. The molecule has 0 aromatic carbocycles. The van der Waals surface area contributed by atoms with Gasteiger partial charge in [0.2, 0.25) is 0 Å². The molecular weight excluding hydrogens is 385 g/mol. The molecular formula is C22H43F3O2S. The molecule has 0 saturated carbocycles. The Balaban J connectivity index is 4.51. The first-order valence-corrected chi connectivity index (χ1v) is 12.7. The van der Waals surface area contributed by atoms with Gasteiger partial charge in [0.05, 0.1) is 5.25 Å². The Morgan fingerprint density at radius 2 is 0.964 bits per heavy atom. The summed E-state index contributed by atoms with van der Waals surface area (Å²) >= 11 is 0. The first kappa shape index (κ1) is 27.7. The second-order valence-corrected chi connectivity index (χ2v) is 11.4. The van der Waals surface area contributed by atoms with E-state index in [1.807, 2.05) is 0 Å². The van der Waals surface area contributed by atoms with Gasteiger partial charge < -0.3 is 0 Å². The number of hydrogen-bond donors (Lipinski definition) is 0. The maximum atomic E-state index is 13.1. The van der Waals surface area contributed by atoms with Gasteiger partial charge in [0, 0.05) is 0 Å². The van der Waals surface area contributed by atoms with Gasteiger partial charge in [-0.15, -0.1) is 0 Å². The van der Waals surface area contributed by atoms with Crippen molar-refractivity contribution in [3.05, 3.63) is 0 Å². The molecule has 0 spiro atoms. The van der Waals surface area contributed by atoms with E-state index in [-0.39, 0.29) is 6.42 Å². The Labute approximate surface area is 172 Å². The van der Waals surface area contributed by atoms with Crippen molar-refractivity contribution in [2.75, 3.05) is 0 Å². The molecule has 28 heavy (non-hydrogen) atoms. The molecule has 0 bridgehead atoms. The number of halogens is 3. The van der Waals surface area contributed by atoms with Gasteiger partial charge in [-0.05, 0) is 30.6 Å². The lowest BCUT2D eigenvalue weighted by molar-refractivity contribution is -0.0451. The smallest absolute Gasteiger partial charge is 0.219 e. The minimum atomic E-state index is -5.15. The van der Waals surface area contributed by atoms with Crippen LogP contribution in [-0.4, -0.2) is 19.2 Å². The molecule has 6 heteroatoms. The summed E-state index contributed by atoms with van der Waals surface area (Å²) < 4.78 is 63.5. The number of hydrogen-bond acceptors (Lipinski definition) is 2. The van der Waals surface area contributed by atoms with Crippen molar-refractivity contribution in [1.82, 2.24) is 0 Å². The molecule has 0 aliphatic heterocycles. The highest BCUT2D eigenvalue weighted by Gasteiger charge is 2.51. The Hall–Kier alpha value is -0.260. The van der Waals surface area contributed by atoms with E-state index in [1.54, 1.807) is 6.92 Å². The molecule has 0 amide bonds. The number of sulfone groups is 1. The average Bonchev–Trinajstić information content (AvgIpc) is 2.55. The van der Waals surface area contributed by atoms with Crippen LogP contribution in [0.25, 0.3) is 0 Å². The van der Waals surface area contributed by atoms with E-state index >= 15 is 0 Å². The van der Waals surface area contributed by atoms with Crippen molar-refractivity contribution >= 4 is 9.84 Å². The third-order valence-electron chi connectivity index (χ3n) is 5.57. The summed E-state index contributed by atoms with van der Waals surface area (Å²) in [5.41, 5.74) is -5.15. The predicted octanol–water partition coefficient (Wildman–Crippen LogP) is 7.92. The van der Waals surface area contributed by atoms with Crippen LogP contribution >= 0.6 is 0 Å². The fourth-order valence-corrected chi connectivity index (χ4v) is 5.30. The molecule has 0 aromatic rings. The second kappa shape index (κ2) is 13.9. The molecule has 0 aliphatic rings. The van der Waals surface area contributed by atoms with Crippen LogP contribution < -0.4 is 0 Å². The summed E-state index contributed by atoms with van der Waals surface area (Å²) in [6, 6.07) is 0. The predicted molar refractivity (Wildman–Crippen MR) is 113 cm³/mol. The van der Waals surface area contributed by atoms with Crippen LogP contribution in [0.4, 0.5) is 13.2 Å². The van der Waals surface area contributed by atoms with E-state index in [4.69, 9.17) is 0 Å². The maximum Gasteiger partial charge on any atom is 0.497 e. The molecule has 170 valence electrons. The summed E-state index contributed by atoms with van der Waals surface area (Å²) in [5, 5.41) is -1.30. The van der Waals surface area contributed by atoms with Gasteiger partial charge in [-0.3, -0.25) is 0 Å². The Kier molecular flexibility index (Phi) is 13.7. The quantitative estimate of drug-likeness (QED) is 0.234. The molecule has 0 radical (unpaired) electrons. The largest absolute Gasteiger partial charge is 0.497 e. The van der Waals surface area contributed by atoms with Gasteiger partial charge in [0.1, 0.15) is 0 Å². The highest BCUT2D eigenvalue weighted by Crippen LogP contribution is 2.35. The van der Waals surface area contributed by atoms with Gasteiger partial charge in [0.15, 0.2) is 0 Å². The second-order valence-electron chi connectivity index (χ2n) is 9.28. The number of unbranched alkanes of at least 4 members (excludes halogenated alkanes) is 6. The Morgan fingerprint density at radius 3 is 1.39 bits per heavy atom. The third kappa shape index (κ3) is 11.7. The van der Waals surface area contributed by atoms with Gasteiger partial charge in [0.25, 0.3) is 9.84 Å². The molecule has 0 rings (SSSR count). The molecule has 0 N–H and O–H groups in total. The van der Waals surface area contributed by atoms with Gasteiger partial charge in [-0.1, -0.05) is 98.8 Å². The highest BCUT2D eigenvalue weighted by atomic mass is 32.2. The Morgan fingerprint density at radius 1 is 0.607 bits per heavy atom. The van der Waals surface area contributed by atoms with E-state index < -0.39 is 26.5 Å². The van der Waals surface area contributed by atoms with Crippen molar-refractivity contribution in [2.45, 2.75) is 122 Å². The van der Waals surface area contributed by atoms with Crippen LogP contribution in [0.2, 0.25) is 0 Å². The first-order chi connectivity index (χ1) is 12.9. The normalized spacial score (nSPS) is 15.4. The highest BCUT2D eigenvalue weighted by molar-refractivity contribution is 7.92. The fourth-order valence-electron chi connectivity index (χ4n) is 3.73. The molecule has 2 nitrogen and oxygen atoms in total. The van der Waals surface area contributed by atoms with Crippen molar-refractivity contribution in [2.24, 2.45) is 17.8 Å². The van der Waals surface area contributed by atoms with E-state index in [0.29, 0.717) is 24.7 Å². The lowest BCUT2D eigenvalue weighted by Gasteiger charge is -2.25. The van der Waals surface area contributed by atoms with Crippen molar-refractivity contribution < 1.29 is 21.6 Å². The topological polar surface area (TPSA) is 34.1 Å². The van der Waals surface area contributed by atoms with E-state index in [0.717, 1.165) is 44.9 Å². The molecule has 2 atom stereocenters. The molecule has 2 unspecified atom stereocenters. The average molecular weight is 429 g/mol. The summed E-state index contributed by atoms with van der Waals surface area (Å²) in [6.45, 7) is 10.3. The minimum Gasteiger partial charge on any atom is -0.219 e. The lowest BCUT2D eigenvalue weighted by atomic mass is 9.94. The van der Waals surface area contributed by atoms with Crippen LogP contribution in [0.1, 0.15) is 112 Å². The van der Waals surface area contributed by atoms with E-state index in [9.17, 15) is 21.6 Å². The monoisotopic (exact) mass is 428 g/mol. The summed E-state index contributed by atoms with van der Waals surface area (Å²) in [6.07, 6.45) is 10.4. The molecule has 0 fully saturated rings. The van der Waals surface area contributed by atoms with Crippen LogP contribution in [0.15, 0.2) is 0 Å². The fraction of sp³-hybridized carbons (Fsp3) is 1.00. The van der Waals surface area contributed by atoms with Gasteiger partial charge >= 0.3 is 5.51 Å². The minimum absolute atomic E-state index is 0.124. The van der Waals surface area contributed by atoms with Gasteiger partial charge in [-0.2, -0.15) is 13.2 Å². The number of rotatable bonds is 16. The summed E-state index contributed by atoms with van der Waals surface area (Å²) in [4.78, 5) is 0.